The van der Waals surface area contributed by atoms with Crippen LogP contribution in [-0.4, -0.2) is 40.7 Å². The van der Waals surface area contributed by atoms with E-state index in [1.54, 1.807) is 6.20 Å². The fourth-order valence-corrected chi connectivity index (χ4v) is 2.20. The predicted octanol–water partition coefficient (Wildman–Crippen LogP) is 1.70. The molecule has 1 aromatic carbocycles. The number of fused-ring (bicyclic) bond motifs is 1. The molecule has 0 aliphatic carbocycles. The SMILES string of the molecule is CC(C)OCC(=O)N[C@H](Cc1c[nH]c2ccccc12)C(=O)O. The Morgan fingerprint density at radius 1 is 1.32 bits per heavy atom. The van der Waals surface area contributed by atoms with Gasteiger partial charge in [0.1, 0.15) is 12.6 Å². The number of amides is 1. The molecule has 0 aliphatic rings. The third kappa shape index (κ3) is 4.08. The van der Waals surface area contributed by atoms with Gasteiger partial charge in [0.05, 0.1) is 6.10 Å². The van der Waals surface area contributed by atoms with Crippen molar-refractivity contribution in [3.63, 3.8) is 0 Å². The van der Waals surface area contributed by atoms with Gasteiger partial charge in [-0.2, -0.15) is 0 Å². The Morgan fingerprint density at radius 3 is 2.73 bits per heavy atom. The maximum atomic E-state index is 11.7. The van der Waals surface area contributed by atoms with Crippen molar-refractivity contribution < 1.29 is 19.4 Å². The zero-order valence-electron chi connectivity index (χ0n) is 12.6. The minimum Gasteiger partial charge on any atom is -0.480 e. The van der Waals surface area contributed by atoms with E-state index in [9.17, 15) is 14.7 Å². The van der Waals surface area contributed by atoms with Gasteiger partial charge in [-0.1, -0.05) is 18.2 Å². The van der Waals surface area contributed by atoms with Gasteiger partial charge in [-0.25, -0.2) is 4.79 Å². The number of aromatic amines is 1. The van der Waals surface area contributed by atoms with Crippen molar-refractivity contribution in [2.24, 2.45) is 0 Å². The molecule has 0 radical (unpaired) electrons. The average molecular weight is 304 g/mol. The van der Waals surface area contributed by atoms with E-state index in [0.717, 1.165) is 16.5 Å². The Hall–Kier alpha value is -2.34. The highest BCUT2D eigenvalue weighted by molar-refractivity contribution is 5.87. The van der Waals surface area contributed by atoms with Gasteiger partial charge < -0.3 is 20.1 Å². The number of carboxylic acids is 1. The van der Waals surface area contributed by atoms with Gasteiger partial charge in [0.25, 0.3) is 0 Å². The Balaban J connectivity index is 2.06. The number of rotatable bonds is 7. The number of aliphatic carboxylic acids is 1. The maximum Gasteiger partial charge on any atom is 0.326 e. The molecule has 0 saturated carbocycles. The lowest BCUT2D eigenvalue weighted by molar-refractivity contribution is -0.142. The molecule has 1 atom stereocenters. The standard InChI is InChI=1S/C16H20N2O4/c1-10(2)22-9-15(19)18-14(16(20)21)7-11-8-17-13-6-4-3-5-12(11)13/h3-6,8,10,14,17H,7,9H2,1-2H3,(H,18,19)(H,20,21)/t14-/m1/s1. The second-order valence-electron chi connectivity index (χ2n) is 5.38. The van der Waals surface area contributed by atoms with Crippen LogP contribution in [0.1, 0.15) is 19.4 Å². The summed E-state index contributed by atoms with van der Waals surface area (Å²) in [6, 6.07) is 6.66. The van der Waals surface area contributed by atoms with Crippen LogP contribution in [-0.2, 0) is 20.7 Å². The second-order valence-corrected chi connectivity index (χ2v) is 5.38. The Morgan fingerprint density at radius 2 is 2.05 bits per heavy atom. The zero-order valence-corrected chi connectivity index (χ0v) is 12.6. The van der Waals surface area contributed by atoms with E-state index in [1.165, 1.54) is 0 Å². The number of hydrogen-bond acceptors (Lipinski definition) is 3. The third-order valence-corrected chi connectivity index (χ3v) is 3.28. The number of carbonyl (C=O) groups is 2. The lowest BCUT2D eigenvalue weighted by atomic mass is 10.1. The van der Waals surface area contributed by atoms with Gasteiger partial charge in [-0.05, 0) is 25.5 Å². The van der Waals surface area contributed by atoms with Crippen LogP contribution in [0.25, 0.3) is 10.9 Å². The number of hydrogen-bond donors (Lipinski definition) is 3. The Kier molecular flexibility index (Phi) is 5.16. The van der Waals surface area contributed by atoms with Crippen LogP contribution >= 0.6 is 0 Å². The van der Waals surface area contributed by atoms with Crippen molar-refractivity contribution in [1.29, 1.82) is 0 Å². The summed E-state index contributed by atoms with van der Waals surface area (Å²) in [6.45, 7) is 3.48. The maximum absolute atomic E-state index is 11.7. The van der Waals surface area contributed by atoms with Crippen molar-refractivity contribution in [3.8, 4) is 0 Å². The lowest BCUT2D eigenvalue weighted by Gasteiger charge is -2.15. The van der Waals surface area contributed by atoms with Gasteiger partial charge in [-0.15, -0.1) is 0 Å². The summed E-state index contributed by atoms with van der Waals surface area (Å²) in [7, 11) is 0. The van der Waals surface area contributed by atoms with Crippen LogP contribution in [0, 0.1) is 0 Å². The first-order chi connectivity index (χ1) is 10.5. The minimum atomic E-state index is -1.07. The van der Waals surface area contributed by atoms with Crippen LogP contribution < -0.4 is 5.32 Å². The first kappa shape index (κ1) is 16.0. The van der Waals surface area contributed by atoms with E-state index in [1.807, 2.05) is 38.1 Å². The minimum absolute atomic E-state index is 0.0809. The molecule has 0 bridgehead atoms. The molecular weight excluding hydrogens is 284 g/mol. The van der Waals surface area contributed by atoms with Crippen LogP contribution in [0.3, 0.4) is 0 Å². The first-order valence-corrected chi connectivity index (χ1v) is 7.16. The molecule has 1 heterocycles. The number of aromatic nitrogens is 1. The number of carbonyl (C=O) groups excluding carboxylic acids is 1. The number of H-pyrrole nitrogens is 1. The third-order valence-electron chi connectivity index (χ3n) is 3.28. The van der Waals surface area contributed by atoms with Crippen molar-refractivity contribution in [2.45, 2.75) is 32.4 Å². The molecule has 1 amide bonds. The summed E-state index contributed by atoms with van der Waals surface area (Å²) in [5, 5.41) is 12.8. The molecule has 0 unspecified atom stereocenters. The molecule has 0 fully saturated rings. The molecule has 2 aromatic rings. The van der Waals surface area contributed by atoms with Gasteiger partial charge >= 0.3 is 5.97 Å². The van der Waals surface area contributed by atoms with Crippen LogP contribution in [0.5, 0.6) is 0 Å². The molecule has 22 heavy (non-hydrogen) atoms. The Bertz CT molecular complexity index is 663. The van der Waals surface area contributed by atoms with Gasteiger partial charge in [0.15, 0.2) is 0 Å². The summed E-state index contributed by atoms with van der Waals surface area (Å²) in [5.74, 6) is -1.50. The highest BCUT2D eigenvalue weighted by Gasteiger charge is 2.22. The molecule has 118 valence electrons. The van der Waals surface area contributed by atoms with Crippen molar-refractivity contribution in [1.82, 2.24) is 10.3 Å². The summed E-state index contributed by atoms with van der Waals surface area (Å²) in [4.78, 5) is 26.2. The Labute approximate surface area is 128 Å². The van der Waals surface area contributed by atoms with Crippen LogP contribution in [0.15, 0.2) is 30.5 Å². The van der Waals surface area contributed by atoms with Gasteiger partial charge in [0.2, 0.25) is 5.91 Å². The van der Waals surface area contributed by atoms with Crippen LogP contribution in [0.4, 0.5) is 0 Å². The van der Waals surface area contributed by atoms with E-state index in [-0.39, 0.29) is 19.1 Å². The number of benzene rings is 1. The molecule has 0 spiro atoms. The highest BCUT2D eigenvalue weighted by atomic mass is 16.5. The fraction of sp³-hybridized carbons (Fsp3) is 0.375. The van der Waals surface area contributed by atoms with E-state index in [0.29, 0.717) is 0 Å². The number of ether oxygens (including phenoxy) is 1. The van der Waals surface area contributed by atoms with E-state index in [2.05, 4.69) is 10.3 Å². The topological polar surface area (TPSA) is 91.4 Å². The normalized spacial score (nSPS) is 12.5. The van der Waals surface area contributed by atoms with E-state index >= 15 is 0 Å². The average Bonchev–Trinajstić information content (AvgIpc) is 2.87. The molecule has 3 N–H and O–H groups in total. The highest BCUT2D eigenvalue weighted by Crippen LogP contribution is 2.19. The largest absolute Gasteiger partial charge is 0.480 e. The summed E-state index contributed by atoms with van der Waals surface area (Å²) in [5.41, 5.74) is 1.80. The summed E-state index contributed by atoms with van der Waals surface area (Å²) >= 11 is 0. The molecule has 2 rings (SSSR count). The number of nitrogens with one attached hydrogen (secondary N) is 2. The van der Waals surface area contributed by atoms with E-state index < -0.39 is 17.9 Å². The van der Waals surface area contributed by atoms with Crippen molar-refractivity contribution in [3.05, 3.63) is 36.0 Å². The molecule has 0 saturated heterocycles. The predicted molar refractivity (Wildman–Crippen MR) is 82.7 cm³/mol. The van der Waals surface area contributed by atoms with Gasteiger partial charge in [-0.3, -0.25) is 4.79 Å². The zero-order chi connectivity index (χ0) is 16.1. The summed E-state index contributed by atoms with van der Waals surface area (Å²) < 4.78 is 5.18. The van der Waals surface area contributed by atoms with Gasteiger partial charge in [0, 0.05) is 23.5 Å². The first-order valence-electron chi connectivity index (χ1n) is 7.16. The van der Waals surface area contributed by atoms with Crippen molar-refractivity contribution in [2.75, 3.05) is 6.61 Å². The molecule has 6 nitrogen and oxygen atoms in total. The quantitative estimate of drug-likeness (QED) is 0.726. The number of para-hydroxylation sites is 1. The monoisotopic (exact) mass is 304 g/mol. The fourth-order valence-electron chi connectivity index (χ4n) is 2.20. The smallest absolute Gasteiger partial charge is 0.326 e. The molecule has 0 aliphatic heterocycles. The van der Waals surface area contributed by atoms with E-state index in [4.69, 9.17) is 4.74 Å². The summed E-state index contributed by atoms with van der Waals surface area (Å²) in [6.07, 6.45) is 1.91. The van der Waals surface area contributed by atoms with Crippen LogP contribution in [0.2, 0.25) is 0 Å². The van der Waals surface area contributed by atoms with Crippen molar-refractivity contribution >= 4 is 22.8 Å². The molecule has 6 heteroatoms. The number of carboxylic acid groups (broad SMARTS) is 1. The lowest BCUT2D eigenvalue weighted by Crippen LogP contribution is -2.44. The molecule has 1 aromatic heterocycles. The second kappa shape index (κ2) is 7.09. The molecular formula is C16H20N2O4.